The molecule has 3 rings (SSSR count). The highest BCUT2D eigenvalue weighted by atomic mass is 79.9. The van der Waals surface area contributed by atoms with Gasteiger partial charge in [-0.25, -0.2) is 4.98 Å². The first-order valence-corrected chi connectivity index (χ1v) is 6.86. The quantitative estimate of drug-likeness (QED) is 0.659. The Hall–Kier alpha value is -1.33. The fraction of sp³-hybridized carbons (Fsp3) is 0. The monoisotopic (exact) mass is 366 g/mol. The third-order valence-electron chi connectivity index (χ3n) is 2.60. The molecule has 90 valence electrons. The summed E-state index contributed by atoms with van der Waals surface area (Å²) in [5.41, 5.74) is 1.97. The molecule has 5 heteroatoms. The summed E-state index contributed by atoms with van der Waals surface area (Å²) in [6.07, 6.45) is 7.02. The summed E-state index contributed by atoms with van der Waals surface area (Å²) in [5.74, 6) is 0.844. The van der Waals surface area contributed by atoms with Gasteiger partial charge in [0.2, 0.25) is 0 Å². The van der Waals surface area contributed by atoms with E-state index in [9.17, 15) is 0 Å². The van der Waals surface area contributed by atoms with E-state index < -0.39 is 0 Å². The van der Waals surface area contributed by atoms with Crippen molar-refractivity contribution in [2.75, 3.05) is 0 Å². The Labute approximate surface area is 121 Å². The first-order chi connectivity index (χ1) is 8.77. The van der Waals surface area contributed by atoms with Crippen LogP contribution in [-0.4, -0.2) is 9.55 Å². The lowest BCUT2D eigenvalue weighted by molar-refractivity contribution is 0.568. The maximum absolute atomic E-state index is 5.11. The fourth-order valence-electron chi connectivity index (χ4n) is 1.81. The molecule has 2 aromatic heterocycles. The minimum Gasteiger partial charge on any atom is -0.472 e. The largest absolute Gasteiger partial charge is 0.472 e. The van der Waals surface area contributed by atoms with E-state index in [2.05, 4.69) is 36.8 Å². The molecule has 2 heterocycles. The zero-order valence-electron chi connectivity index (χ0n) is 9.18. The maximum Gasteiger partial charge on any atom is 0.147 e. The van der Waals surface area contributed by atoms with Crippen molar-refractivity contribution >= 4 is 31.9 Å². The van der Waals surface area contributed by atoms with Gasteiger partial charge in [0, 0.05) is 21.3 Å². The molecule has 0 radical (unpaired) electrons. The third kappa shape index (κ3) is 1.93. The zero-order valence-corrected chi connectivity index (χ0v) is 12.3. The van der Waals surface area contributed by atoms with Crippen LogP contribution in [0, 0.1) is 0 Å². The number of para-hydroxylation sites is 1. The van der Waals surface area contributed by atoms with Crippen LogP contribution in [0.4, 0.5) is 0 Å². The van der Waals surface area contributed by atoms with Crippen LogP contribution in [0.15, 0.2) is 62.5 Å². The van der Waals surface area contributed by atoms with Crippen molar-refractivity contribution < 1.29 is 4.42 Å². The predicted octanol–water partition coefficient (Wildman–Crippen LogP) is 4.66. The summed E-state index contributed by atoms with van der Waals surface area (Å²) in [4.78, 5) is 4.38. The Morgan fingerprint density at radius 2 is 1.89 bits per heavy atom. The molecule has 0 bridgehead atoms. The molecule has 1 aromatic carbocycles. The van der Waals surface area contributed by atoms with E-state index in [1.807, 2.05) is 35.0 Å². The normalized spacial score (nSPS) is 10.8. The van der Waals surface area contributed by atoms with E-state index in [1.54, 1.807) is 18.7 Å². The zero-order chi connectivity index (χ0) is 12.5. The SMILES string of the molecule is Brc1cccc(Br)c1-n1ccnc1-c1ccoc1. The summed E-state index contributed by atoms with van der Waals surface area (Å²) < 4.78 is 9.13. The molecule has 0 amide bonds. The third-order valence-corrected chi connectivity index (χ3v) is 3.88. The van der Waals surface area contributed by atoms with Gasteiger partial charge in [-0.3, -0.25) is 4.57 Å². The molecule has 0 aliphatic carbocycles. The molecule has 0 spiro atoms. The first-order valence-electron chi connectivity index (χ1n) is 5.27. The van der Waals surface area contributed by atoms with E-state index in [-0.39, 0.29) is 0 Å². The van der Waals surface area contributed by atoms with Gasteiger partial charge in [0.1, 0.15) is 12.1 Å². The number of rotatable bonds is 2. The summed E-state index contributed by atoms with van der Waals surface area (Å²) in [6.45, 7) is 0. The van der Waals surface area contributed by atoms with E-state index in [0.29, 0.717) is 0 Å². The van der Waals surface area contributed by atoms with Gasteiger partial charge < -0.3 is 4.42 Å². The second-order valence-corrected chi connectivity index (χ2v) is 5.41. The van der Waals surface area contributed by atoms with Crippen molar-refractivity contribution in [3.63, 3.8) is 0 Å². The van der Waals surface area contributed by atoms with E-state index in [1.165, 1.54) is 0 Å². The average Bonchev–Trinajstić information content (AvgIpc) is 2.98. The lowest BCUT2D eigenvalue weighted by Gasteiger charge is -2.10. The second-order valence-electron chi connectivity index (χ2n) is 3.70. The molecule has 0 aliphatic heterocycles. The molecule has 3 aromatic rings. The van der Waals surface area contributed by atoms with Gasteiger partial charge in [-0.2, -0.15) is 0 Å². The molecule has 3 nitrogen and oxygen atoms in total. The lowest BCUT2D eigenvalue weighted by Crippen LogP contribution is -1.97. The van der Waals surface area contributed by atoms with Crippen LogP contribution in [0.25, 0.3) is 17.1 Å². The summed E-state index contributed by atoms with van der Waals surface area (Å²) >= 11 is 7.13. The molecule has 0 fully saturated rings. The average molecular weight is 368 g/mol. The van der Waals surface area contributed by atoms with Crippen LogP contribution in [0.2, 0.25) is 0 Å². The standard InChI is InChI=1S/C13H8Br2N2O/c14-10-2-1-3-11(15)12(10)17-6-5-16-13(17)9-4-7-18-8-9/h1-8H. The van der Waals surface area contributed by atoms with Crippen molar-refractivity contribution in [2.45, 2.75) is 0 Å². The van der Waals surface area contributed by atoms with Crippen LogP contribution in [0.5, 0.6) is 0 Å². The van der Waals surface area contributed by atoms with Crippen molar-refractivity contribution in [1.82, 2.24) is 9.55 Å². The van der Waals surface area contributed by atoms with Crippen LogP contribution in [0.3, 0.4) is 0 Å². The predicted molar refractivity (Wildman–Crippen MR) is 76.7 cm³/mol. The van der Waals surface area contributed by atoms with Crippen molar-refractivity contribution in [3.05, 3.63) is 58.1 Å². The maximum atomic E-state index is 5.11. The molecule has 0 saturated carbocycles. The van der Waals surface area contributed by atoms with E-state index in [0.717, 1.165) is 26.0 Å². The van der Waals surface area contributed by atoms with E-state index >= 15 is 0 Å². The second kappa shape index (κ2) is 4.74. The van der Waals surface area contributed by atoms with Crippen molar-refractivity contribution in [1.29, 1.82) is 0 Å². The first kappa shape index (κ1) is 11.7. The van der Waals surface area contributed by atoms with Gasteiger partial charge in [-0.05, 0) is 50.1 Å². The number of halogens is 2. The highest BCUT2D eigenvalue weighted by Gasteiger charge is 2.13. The summed E-state index contributed by atoms with van der Waals surface area (Å²) in [6, 6.07) is 7.87. The van der Waals surface area contributed by atoms with Crippen molar-refractivity contribution in [2.24, 2.45) is 0 Å². The lowest BCUT2D eigenvalue weighted by atomic mass is 10.3. The van der Waals surface area contributed by atoms with Gasteiger partial charge in [-0.1, -0.05) is 6.07 Å². The molecular formula is C13H8Br2N2O. The summed E-state index contributed by atoms with van der Waals surface area (Å²) in [7, 11) is 0. The number of furan rings is 1. The number of imidazole rings is 1. The molecular weight excluding hydrogens is 360 g/mol. The van der Waals surface area contributed by atoms with Gasteiger partial charge >= 0.3 is 0 Å². The Bertz CT molecular complexity index is 654. The van der Waals surface area contributed by atoms with Crippen LogP contribution in [-0.2, 0) is 0 Å². The molecule has 0 atom stereocenters. The minimum atomic E-state index is 0.844. The molecule has 0 N–H and O–H groups in total. The molecule has 0 aliphatic rings. The molecule has 0 saturated heterocycles. The Morgan fingerprint density at radius 3 is 2.56 bits per heavy atom. The van der Waals surface area contributed by atoms with Crippen LogP contribution < -0.4 is 0 Å². The Kier molecular flexibility index (Phi) is 3.09. The highest BCUT2D eigenvalue weighted by molar-refractivity contribution is 9.11. The van der Waals surface area contributed by atoms with Gasteiger partial charge in [0.15, 0.2) is 0 Å². The van der Waals surface area contributed by atoms with Crippen molar-refractivity contribution in [3.8, 4) is 17.1 Å². The smallest absolute Gasteiger partial charge is 0.147 e. The number of benzene rings is 1. The number of nitrogens with zero attached hydrogens (tertiary/aromatic N) is 2. The summed E-state index contributed by atoms with van der Waals surface area (Å²) in [5, 5.41) is 0. The highest BCUT2D eigenvalue weighted by Crippen LogP contribution is 2.32. The fourth-order valence-corrected chi connectivity index (χ4v) is 3.19. The topological polar surface area (TPSA) is 31.0 Å². The van der Waals surface area contributed by atoms with E-state index in [4.69, 9.17) is 4.42 Å². The number of hydrogen-bond donors (Lipinski definition) is 0. The Morgan fingerprint density at radius 1 is 1.11 bits per heavy atom. The van der Waals surface area contributed by atoms with Crippen LogP contribution in [0.1, 0.15) is 0 Å². The molecule has 0 unspecified atom stereocenters. The van der Waals surface area contributed by atoms with Gasteiger partial charge in [0.05, 0.1) is 17.5 Å². The van der Waals surface area contributed by atoms with Crippen LogP contribution >= 0.6 is 31.9 Å². The van der Waals surface area contributed by atoms with Gasteiger partial charge in [0.25, 0.3) is 0 Å². The molecule has 18 heavy (non-hydrogen) atoms. The Balaban J connectivity index is 2.22. The number of hydrogen-bond acceptors (Lipinski definition) is 2. The number of aromatic nitrogens is 2. The van der Waals surface area contributed by atoms with Gasteiger partial charge in [-0.15, -0.1) is 0 Å². The minimum absolute atomic E-state index is 0.844.